The lowest BCUT2D eigenvalue weighted by molar-refractivity contribution is -0.142. The third-order valence-electron chi connectivity index (χ3n) is 1.40. The van der Waals surface area contributed by atoms with Crippen LogP contribution >= 0.6 is 0 Å². The molecule has 1 atom stereocenters. The number of aldehydes is 1. The van der Waals surface area contributed by atoms with Crippen LogP contribution in [0.15, 0.2) is 0 Å². The highest BCUT2D eigenvalue weighted by molar-refractivity contribution is 6.58. The van der Waals surface area contributed by atoms with Crippen LogP contribution in [0.5, 0.6) is 0 Å². The van der Waals surface area contributed by atoms with E-state index in [1.807, 2.05) is 0 Å². The summed E-state index contributed by atoms with van der Waals surface area (Å²) in [5, 5.41) is 0. The highest BCUT2D eigenvalue weighted by Gasteiger charge is 2.22. The second-order valence-corrected chi connectivity index (χ2v) is 2.11. The standard InChI is InChI=1S/C7H9FO3/c1-2-5(3-8)7(11)6(10)4-9/h4-5H,2-3H2,1H3. The lowest BCUT2D eigenvalue weighted by atomic mass is 10.0. The Morgan fingerprint density at radius 1 is 1.55 bits per heavy atom. The Morgan fingerprint density at radius 2 is 2.09 bits per heavy atom. The SMILES string of the molecule is CCC(CF)C(=O)C(=O)C=O. The van der Waals surface area contributed by atoms with Gasteiger partial charge in [0.25, 0.3) is 5.78 Å². The zero-order valence-electron chi connectivity index (χ0n) is 6.17. The van der Waals surface area contributed by atoms with Gasteiger partial charge in [0.05, 0.1) is 12.6 Å². The average Bonchev–Trinajstić information content (AvgIpc) is 2.05. The van der Waals surface area contributed by atoms with E-state index in [4.69, 9.17) is 0 Å². The van der Waals surface area contributed by atoms with Crippen molar-refractivity contribution in [2.75, 3.05) is 6.67 Å². The van der Waals surface area contributed by atoms with Crippen molar-refractivity contribution in [1.29, 1.82) is 0 Å². The minimum absolute atomic E-state index is 0.0827. The van der Waals surface area contributed by atoms with Gasteiger partial charge in [0, 0.05) is 0 Å². The molecule has 0 aromatic heterocycles. The van der Waals surface area contributed by atoms with Crippen molar-refractivity contribution in [2.45, 2.75) is 13.3 Å². The lowest BCUT2D eigenvalue weighted by Crippen LogP contribution is -2.25. The molecule has 0 aliphatic rings. The highest BCUT2D eigenvalue weighted by Crippen LogP contribution is 2.04. The van der Waals surface area contributed by atoms with E-state index in [0.29, 0.717) is 0 Å². The molecule has 0 heterocycles. The molecule has 0 bridgehead atoms. The van der Waals surface area contributed by atoms with Crippen molar-refractivity contribution in [1.82, 2.24) is 0 Å². The van der Waals surface area contributed by atoms with Crippen LogP contribution in [0.25, 0.3) is 0 Å². The van der Waals surface area contributed by atoms with Gasteiger partial charge in [0.2, 0.25) is 5.78 Å². The predicted molar refractivity (Wildman–Crippen MR) is 35.8 cm³/mol. The van der Waals surface area contributed by atoms with Crippen molar-refractivity contribution < 1.29 is 18.8 Å². The van der Waals surface area contributed by atoms with Crippen LogP contribution in [0.1, 0.15) is 13.3 Å². The molecule has 0 aromatic rings. The van der Waals surface area contributed by atoms with Gasteiger partial charge in [-0.05, 0) is 6.42 Å². The molecule has 4 heteroatoms. The van der Waals surface area contributed by atoms with E-state index in [1.54, 1.807) is 6.92 Å². The smallest absolute Gasteiger partial charge is 0.261 e. The quantitative estimate of drug-likeness (QED) is 0.330. The van der Waals surface area contributed by atoms with E-state index in [1.165, 1.54) is 0 Å². The Kier molecular flexibility index (Phi) is 4.26. The van der Waals surface area contributed by atoms with Crippen molar-refractivity contribution in [2.24, 2.45) is 5.92 Å². The molecule has 0 fully saturated rings. The maximum Gasteiger partial charge on any atom is 0.261 e. The number of hydrogen-bond donors (Lipinski definition) is 0. The summed E-state index contributed by atoms with van der Waals surface area (Å²) in [6.07, 6.45) is 0.162. The molecule has 11 heavy (non-hydrogen) atoms. The zero-order valence-corrected chi connectivity index (χ0v) is 6.17. The number of halogens is 1. The van der Waals surface area contributed by atoms with Crippen LogP contribution in [0.3, 0.4) is 0 Å². The molecule has 0 amide bonds. The second kappa shape index (κ2) is 4.71. The van der Waals surface area contributed by atoms with Gasteiger partial charge in [-0.2, -0.15) is 0 Å². The molecule has 0 saturated heterocycles. The molecule has 0 N–H and O–H groups in total. The Balaban J connectivity index is 4.20. The molecule has 0 aromatic carbocycles. The third kappa shape index (κ3) is 2.57. The first-order valence-corrected chi connectivity index (χ1v) is 3.26. The fraction of sp³-hybridized carbons (Fsp3) is 0.571. The molecular weight excluding hydrogens is 151 g/mol. The highest BCUT2D eigenvalue weighted by atomic mass is 19.1. The summed E-state index contributed by atoms with van der Waals surface area (Å²) in [7, 11) is 0. The van der Waals surface area contributed by atoms with Crippen LogP contribution in [-0.4, -0.2) is 24.5 Å². The largest absolute Gasteiger partial charge is 0.294 e. The van der Waals surface area contributed by atoms with Crippen LogP contribution in [0.2, 0.25) is 0 Å². The van der Waals surface area contributed by atoms with Crippen molar-refractivity contribution in [3.05, 3.63) is 0 Å². The van der Waals surface area contributed by atoms with E-state index in [9.17, 15) is 18.8 Å². The number of hydrogen-bond acceptors (Lipinski definition) is 3. The van der Waals surface area contributed by atoms with Crippen LogP contribution in [0.4, 0.5) is 4.39 Å². The topological polar surface area (TPSA) is 51.2 Å². The number of Topliss-reactive ketones (excluding diaryl/α,β-unsaturated/α-hetero) is 2. The average molecular weight is 160 g/mol. The number of carbonyl (C=O) groups is 3. The summed E-state index contributed by atoms with van der Waals surface area (Å²) in [5.74, 6) is -3.01. The lowest BCUT2D eigenvalue weighted by Gasteiger charge is -2.03. The van der Waals surface area contributed by atoms with E-state index < -0.39 is 24.2 Å². The summed E-state index contributed by atoms with van der Waals surface area (Å²) in [6, 6.07) is 0. The number of carbonyl (C=O) groups excluding carboxylic acids is 3. The number of rotatable bonds is 5. The van der Waals surface area contributed by atoms with Crippen molar-refractivity contribution in [3.63, 3.8) is 0 Å². The Morgan fingerprint density at radius 3 is 2.36 bits per heavy atom. The van der Waals surface area contributed by atoms with E-state index in [-0.39, 0.29) is 12.7 Å². The fourth-order valence-electron chi connectivity index (χ4n) is 0.624. The van der Waals surface area contributed by atoms with Gasteiger partial charge in [-0.25, -0.2) is 0 Å². The Bertz CT molecular complexity index is 173. The van der Waals surface area contributed by atoms with E-state index in [2.05, 4.69) is 0 Å². The maximum atomic E-state index is 11.9. The maximum absolute atomic E-state index is 11.9. The number of ketones is 2. The Hall–Kier alpha value is -1.06. The van der Waals surface area contributed by atoms with Crippen LogP contribution in [-0.2, 0) is 14.4 Å². The minimum atomic E-state index is -1.14. The summed E-state index contributed by atoms with van der Waals surface area (Å²) in [4.78, 5) is 30.9. The van der Waals surface area contributed by atoms with Gasteiger partial charge in [-0.3, -0.25) is 18.8 Å². The minimum Gasteiger partial charge on any atom is -0.294 e. The van der Waals surface area contributed by atoms with Gasteiger partial charge < -0.3 is 0 Å². The molecule has 62 valence electrons. The predicted octanol–water partition coefficient (Wildman–Crippen LogP) is 0.319. The summed E-state index contributed by atoms with van der Waals surface area (Å²) < 4.78 is 11.9. The van der Waals surface area contributed by atoms with E-state index in [0.717, 1.165) is 0 Å². The normalized spacial score (nSPS) is 12.2. The first kappa shape index (κ1) is 9.94. The molecule has 0 rings (SSSR count). The van der Waals surface area contributed by atoms with Gasteiger partial charge in [0.15, 0.2) is 6.29 Å². The second-order valence-electron chi connectivity index (χ2n) is 2.11. The fourth-order valence-corrected chi connectivity index (χ4v) is 0.624. The van der Waals surface area contributed by atoms with E-state index >= 15 is 0 Å². The van der Waals surface area contributed by atoms with Crippen molar-refractivity contribution >= 4 is 17.9 Å². The monoisotopic (exact) mass is 160 g/mol. The number of alkyl halides is 1. The zero-order chi connectivity index (χ0) is 8.85. The first-order chi connectivity index (χ1) is 5.17. The molecule has 0 saturated carbocycles. The third-order valence-corrected chi connectivity index (χ3v) is 1.40. The first-order valence-electron chi connectivity index (χ1n) is 3.26. The van der Waals surface area contributed by atoms with Crippen LogP contribution in [0, 0.1) is 5.92 Å². The molecule has 3 nitrogen and oxygen atoms in total. The van der Waals surface area contributed by atoms with Gasteiger partial charge in [-0.15, -0.1) is 0 Å². The molecule has 0 spiro atoms. The van der Waals surface area contributed by atoms with Gasteiger partial charge in [0.1, 0.15) is 0 Å². The van der Waals surface area contributed by atoms with Crippen molar-refractivity contribution in [3.8, 4) is 0 Å². The van der Waals surface area contributed by atoms with Gasteiger partial charge in [-0.1, -0.05) is 6.92 Å². The Labute approximate surface area is 63.6 Å². The molecule has 1 unspecified atom stereocenters. The summed E-state index contributed by atoms with van der Waals surface area (Å²) >= 11 is 0. The van der Waals surface area contributed by atoms with Gasteiger partial charge >= 0.3 is 0 Å². The van der Waals surface area contributed by atoms with Crippen LogP contribution < -0.4 is 0 Å². The summed E-state index contributed by atoms with van der Waals surface area (Å²) in [5.41, 5.74) is 0. The molecule has 0 radical (unpaired) electrons. The molecule has 0 aliphatic heterocycles. The molecular formula is C7H9FO3. The summed E-state index contributed by atoms with van der Waals surface area (Å²) in [6.45, 7) is 0.704. The molecule has 0 aliphatic carbocycles.